The maximum Gasteiger partial charge on any atom is 0.244 e. The number of benzene rings is 3. The number of methoxy groups -OCH3 is 1. The Hall–Kier alpha value is -3.56. The third kappa shape index (κ3) is 8.97. The molecule has 0 saturated heterocycles. The summed E-state index contributed by atoms with van der Waals surface area (Å²) in [7, 11) is -2.44. The van der Waals surface area contributed by atoms with E-state index in [2.05, 4.69) is 5.32 Å². The largest absolute Gasteiger partial charge is 0.495 e. The first-order chi connectivity index (χ1) is 20.5. The lowest BCUT2D eigenvalue weighted by atomic mass is 9.94. The summed E-state index contributed by atoms with van der Waals surface area (Å²) >= 11 is 6.32. The van der Waals surface area contributed by atoms with Crippen LogP contribution in [0.4, 0.5) is 5.69 Å². The number of nitrogens with zero attached hydrogens (tertiary/aromatic N) is 2. The summed E-state index contributed by atoms with van der Waals surface area (Å²) < 4.78 is 32.3. The molecule has 4 rings (SSSR count). The molecule has 43 heavy (non-hydrogen) atoms. The van der Waals surface area contributed by atoms with E-state index in [-0.39, 0.29) is 35.6 Å². The molecule has 8 nitrogen and oxygen atoms in total. The number of halogens is 1. The van der Waals surface area contributed by atoms with Crippen LogP contribution in [0.3, 0.4) is 0 Å². The van der Waals surface area contributed by atoms with E-state index in [1.54, 1.807) is 12.1 Å². The fourth-order valence-corrected chi connectivity index (χ4v) is 6.51. The van der Waals surface area contributed by atoms with Gasteiger partial charge in [0.05, 0.1) is 24.1 Å². The molecule has 1 fully saturated rings. The van der Waals surface area contributed by atoms with Gasteiger partial charge in [-0.05, 0) is 49.1 Å². The quantitative estimate of drug-likeness (QED) is 0.286. The zero-order chi connectivity index (χ0) is 31.0. The van der Waals surface area contributed by atoms with Crippen LogP contribution in [0.2, 0.25) is 5.02 Å². The lowest BCUT2D eigenvalue weighted by molar-refractivity contribution is -0.140. The molecule has 2 amide bonds. The van der Waals surface area contributed by atoms with E-state index in [4.69, 9.17) is 16.3 Å². The molecule has 1 saturated carbocycles. The lowest BCUT2D eigenvalue weighted by Crippen LogP contribution is -2.55. The van der Waals surface area contributed by atoms with Gasteiger partial charge in [-0.15, -0.1) is 0 Å². The van der Waals surface area contributed by atoms with Crippen LogP contribution in [-0.4, -0.2) is 57.1 Å². The van der Waals surface area contributed by atoms with Crippen molar-refractivity contribution in [1.82, 2.24) is 10.2 Å². The lowest BCUT2D eigenvalue weighted by Gasteiger charge is -2.35. The maximum atomic E-state index is 14.3. The molecular weight excluding hydrogens is 586 g/mol. The Morgan fingerprint density at radius 2 is 1.65 bits per heavy atom. The highest BCUT2D eigenvalue weighted by atomic mass is 35.5. The maximum absolute atomic E-state index is 14.3. The summed E-state index contributed by atoms with van der Waals surface area (Å²) in [6.07, 6.45) is 6.37. The minimum Gasteiger partial charge on any atom is -0.495 e. The van der Waals surface area contributed by atoms with Gasteiger partial charge in [-0.1, -0.05) is 91.0 Å². The summed E-state index contributed by atoms with van der Waals surface area (Å²) in [5, 5.41) is 3.42. The van der Waals surface area contributed by atoms with Gasteiger partial charge in [0.1, 0.15) is 18.3 Å². The normalized spacial score (nSPS) is 14.5. The molecule has 0 aliphatic heterocycles. The Morgan fingerprint density at radius 1 is 0.977 bits per heavy atom. The highest BCUT2D eigenvalue weighted by Crippen LogP contribution is 2.30. The number of ether oxygens (including phenoxy) is 1. The summed E-state index contributed by atoms with van der Waals surface area (Å²) in [5.74, 6) is -0.360. The molecule has 10 heteroatoms. The molecule has 3 aromatic rings. The summed E-state index contributed by atoms with van der Waals surface area (Å²) in [4.78, 5) is 29.8. The summed E-state index contributed by atoms with van der Waals surface area (Å²) in [6, 6.07) is 21.0. The van der Waals surface area contributed by atoms with Crippen LogP contribution in [0.5, 0.6) is 5.75 Å². The van der Waals surface area contributed by atoms with E-state index in [1.807, 2.05) is 61.5 Å². The van der Waals surface area contributed by atoms with Gasteiger partial charge in [-0.3, -0.25) is 13.9 Å². The first-order valence-electron chi connectivity index (χ1n) is 14.6. The average Bonchev–Trinajstić information content (AvgIpc) is 2.99. The average molecular weight is 626 g/mol. The van der Waals surface area contributed by atoms with Gasteiger partial charge in [0, 0.05) is 19.0 Å². The molecule has 1 N–H and O–H groups in total. The molecule has 1 aliphatic carbocycles. The minimum atomic E-state index is -3.90. The first kappa shape index (κ1) is 32.4. The topological polar surface area (TPSA) is 96.0 Å². The number of rotatable bonds is 12. The van der Waals surface area contributed by atoms with Gasteiger partial charge in [0.2, 0.25) is 21.8 Å². The summed E-state index contributed by atoms with van der Waals surface area (Å²) in [5.41, 5.74) is 3.02. The number of anilines is 1. The van der Waals surface area contributed by atoms with Crippen molar-refractivity contribution in [3.05, 3.63) is 94.5 Å². The highest BCUT2D eigenvalue weighted by Gasteiger charge is 2.34. The van der Waals surface area contributed by atoms with Crippen LogP contribution in [0.1, 0.15) is 48.8 Å². The third-order valence-electron chi connectivity index (χ3n) is 7.80. The molecule has 230 valence electrons. The number of hydrogen-bond donors (Lipinski definition) is 1. The second-order valence-corrected chi connectivity index (χ2v) is 13.5. The van der Waals surface area contributed by atoms with Gasteiger partial charge < -0.3 is 15.0 Å². The number of nitrogens with one attached hydrogen (secondary N) is 1. The smallest absolute Gasteiger partial charge is 0.244 e. The number of carbonyl (C=O) groups is 2. The van der Waals surface area contributed by atoms with Gasteiger partial charge >= 0.3 is 0 Å². The van der Waals surface area contributed by atoms with Crippen molar-refractivity contribution in [3.8, 4) is 5.75 Å². The van der Waals surface area contributed by atoms with Crippen molar-refractivity contribution in [3.63, 3.8) is 0 Å². The van der Waals surface area contributed by atoms with E-state index in [0.29, 0.717) is 5.75 Å². The van der Waals surface area contributed by atoms with Crippen LogP contribution >= 0.6 is 11.6 Å². The van der Waals surface area contributed by atoms with E-state index in [0.717, 1.165) is 59.4 Å². The molecule has 1 aliphatic rings. The molecule has 0 heterocycles. The van der Waals surface area contributed by atoms with Crippen molar-refractivity contribution < 1.29 is 22.7 Å². The van der Waals surface area contributed by atoms with Gasteiger partial charge in [0.15, 0.2) is 0 Å². The number of sulfonamides is 1. The van der Waals surface area contributed by atoms with Crippen LogP contribution in [-0.2, 0) is 32.6 Å². The van der Waals surface area contributed by atoms with E-state index < -0.39 is 28.5 Å². The Morgan fingerprint density at radius 3 is 2.26 bits per heavy atom. The predicted octanol–water partition coefficient (Wildman–Crippen LogP) is 5.51. The van der Waals surface area contributed by atoms with Gasteiger partial charge in [-0.2, -0.15) is 0 Å². The second-order valence-electron chi connectivity index (χ2n) is 11.1. The molecule has 0 radical (unpaired) electrons. The Kier molecular flexibility index (Phi) is 11.1. The van der Waals surface area contributed by atoms with Crippen molar-refractivity contribution in [2.45, 2.75) is 64.1 Å². The van der Waals surface area contributed by atoms with Gasteiger partial charge in [-0.25, -0.2) is 8.42 Å². The zero-order valence-electron chi connectivity index (χ0n) is 25.0. The fraction of sp³-hybridized carbons (Fsp3) is 0.394. The SMILES string of the molecule is COc1ccc(N(CC(=O)N(Cc2ccc(C)cc2)[C@H](Cc2ccccc2)C(=O)NC2CCCCC2)S(C)(=O)=O)cc1Cl. The Balaban J connectivity index is 1.72. The van der Waals surface area contributed by atoms with Crippen molar-refractivity contribution in [1.29, 1.82) is 0 Å². The number of carbonyl (C=O) groups excluding carboxylic acids is 2. The van der Waals surface area contributed by atoms with Crippen molar-refractivity contribution >= 4 is 39.1 Å². The number of hydrogen-bond acceptors (Lipinski definition) is 5. The zero-order valence-corrected chi connectivity index (χ0v) is 26.5. The standard InChI is InChI=1S/C33H40ClN3O5S/c1-24-14-16-26(17-15-24)22-36(32(38)23-37(43(3,40)41)28-18-19-31(42-2)29(34)21-28)30(20-25-10-6-4-7-11-25)33(39)35-27-12-8-5-9-13-27/h4,6-7,10-11,14-19,21,27,30H,5,8-9,12-13,20,22-23H2,1-3H3,(H,35,39)/t30-/m1/s1. The molecule has 0 bridgehead atoms. The predicted molar refractivity (Wildman–Crippen MR) is 171 cm³/mol. The fourth-order valence-electron chi connectivity index (χ4n) is 5.41. The molecule has 0 spiro atoms. The number of amides is 2. The van der Waals surface area contributed by atoms with Crippen LogP contribution in [0, 0.1) is 6.92 Å². The monoisotopic (exact) mass is 625 g/mol. The Bertz CT molecular complexity index is 1490. The van der Waals surface area contributed by atoms with Crippen molar-refractivity contribution in [2.24, 2.45) is 0 Å². The minimum absolute atomic E-state index is 0.0461. The molecular formula is C33H40ClN3O5S. The summed E-state index contributed by atoms with van der Waals surface area (Å²) in [6.45, 7) is 1.61. The molecule has 3 aromatic carbocycles. The van der Waals surface area contributed by atoms with Crippen LogP contribution in [0.25, 0.3) is 0 Å². The van der Waals surface area contributed by atoms with Crippen LogP contribution < -0.4 is 14.4 Å². The molecule has 1 atom stereocenters. The first-order valence-corrected chi connectivity index (χ1v) is 16.8. The highest BCUT2D eigenvalue weighted by molar-refractivity contribution is 7.92. The number of aryl methyl sites for hydroxylation is 1. The second kappa shape index (κ2) is 14.8. The van der Waals surface area contributed by atoms with E-state index in [9.17, 15) is 18.0 Å². The Labute approximate surface area is 260 Å². The van der Waals surface area contributed by atoms with Gasteiger partial charge in [0.25, 0.3) is 0 Å². The van der Waals surface area contributed by atoms with E-state index in [1.165, 1.54) is 18.1 Å². The van der Waals surface area contributed by atoms with E-state index >= 15 is 0 Å². The van der Waals surface area contributed by atoms with Crippen molar-refractivity contribution in [2.75, 3.05) is 24.2 Å². The molecule has 0 unspecified atom stereocenters. The third-order valence-corrected chi connectivity index (χ3v) is 9.23. The van der Waals surface area contributed by atoms with Crippen LogP contribution in [0.15, 0.2) is 72.8 Å². The molecule has 0 aromatic heterocycles.